The highest BCUT2D eigenvalue weighted by Gasteiger charge is 2.17. The van der Waals surface area contributed by atoms with E-state index < -0.39 is 5.54 Å². The van der Waals surface area contributed by atoms with Gasteiger partial charge in [-0.2, -0.15) is 12.6 Å². The quantitative estimate of drug-likeness (QED) is 0.505. The van der Waals surface area contributed by atoms with Crippen molar-refractivity contribution in [1.29, 1.82) is 0 Å². The molecule has 0 aliphatic rings. The van der Waals surface area contributed by atoms with E-state index in [1.165, 1.54) is 0 Å². The summed E-state index contributed by atoms with van der Waals surface area (Å²) in [4.78, 5) is 10.7. The number of hydrogen-bond donors (Lipinski definition) is 3. The van der Waals surface area contributed by atoms with E-state index in [1.807, 2.05) is 0 Å². The van der Waals surface area contributed by atoms with Crippen molar-refractivity contribution in [2.75, 3.05) is 12.4 Å². The van der Waals surface area contributed by atoms with Gasteiger partial charge in [0.2, 0.25) is 5.91 Å². The van der Waals surface area contributed by atoms with E-state index in [-0.39, 0.29) is 18.3 Å². The van der Waals surface area contributed by atoms with Crippen molar-refractivity contribution in [3.05, 3.63) is 0 Å². The average Bonchev–Trinajstić information content (AvgIpc) is 1.87. The maximum Gasteiger partial charge on any atom is 0.230 e. The van der Waals surface area contributed by atoms with Gasteiger partial charge in [-0.05, 0) is 13.8 Å². The highest BCUT2D eigenvalue weighted by molar-refractivity contribution is 7.81. The van der Waals surface area contributed by atoms with E-state index in [1.54, 1.807) is 13.8 Å². The van der Waals surface area contributed by atoms with Crippen LogP contribution in [0.2, 0.25) is 0 Å². The fraction of sp³-hybridized carbons (Fsp3) is 0.833. The fourth-order valence-electron chi connectivity index (χ4n) is 0.456. The minimum atomic E-state index is -0.528. The summed E-state index contributed by atoms with van der Waals surface area (Å²) in [5.74, 6) is -0.00828. The SMILES string of the molecule is CC(C)(CO)NC(=O)CS. The Hall–Kier alpha value is -0.220. The molecular formula is C6H13NO2S. The van der Waals surface area contributed by atoms with Crippen LogP contribution < -0.4 is 5.32 Å². The van der Waals surface area contributed by atoms with Crippen molar-refractivity contribution in [1.82, 2.24) is 5.32 Å². The molecule has 4 heteroatoms. The third-order valence-corrected chi connectivity index (χ3v) is 1.30. The second kappa shape index (κ2) is 3.83. The van der Waals surface area contributed by atoms with Gasteiger partial charge in [-0.25, -0.2) is 0 Å². The molecule has 0 spiro atoms. The summed E-state index contributed by atoms with van der Waals surface area (Å²) in [6.45, 7) is 3.43. The van der Waals surface area contributed by atoms with Crippen LogP contribution in [0.3, 0.4) is 0 Å². The Balaban J connectivity index is 3.76. The third kappa shape index (κ3) is 3.74. The van der Waals surface area contributed by atoms with Crippen LogP contribution in [-0.4, -0.2) is 28.9 Å². The Kier molecular flexibility index (Phi) is 3.75. The summed E-state index contributed by atoms with van der Waals surface area (Å²) >= 11 is 3.77. The molecule has 0 aromatic carbocycles. The maximum atomic E-state index is 10.7. The molecule has 0 radical (unpaired) electrons. The molecule has 0 aromatic rings. The predicted octanol–water partition coefficient (Wildman–Crippen LogP) is -0.197. The summed E-state index contributed by atoms with van der Waals surface area (Å²) < 4.78 is 0. The van der Waals surface area contributed by atoms with Crippen LogP contribution in [0.1, 0.15) is 13.8 Å². The van der Waals surface area contributed by atoms with Crippen LogP contribution in [0, 0.1) is 0 Å². The second-order valence-corrected chi connectivity index (χ2v) is 3.06. The second-order valence-electron chi connectivity index (χ2n) is 2.75. The van der Waals surface area contributed by atoms with Crippen LogP contribution in [0.5, 0.6) is 0 Å². The van der Waals surface area contributed by atoms with Crippen LogP contribution in [0.15, 0.2) is 0 Å². The smallest absolute Gasteiger partial charge is 0.230 e. The minimum Gasteiger partial charge on any atom is -0.394 e. The molecule has 60 valence electrons. The molecule has 0 aromatic heterocycles. The molecule has 0 aliphatic carbocycles. The number of aliphatic hydroxyl groups is 1. The van der Waals surface area contributed by atoms with Crippen molar-refractivity contribution in [3.8, 4) is 0 Å². The predicted molar refractivity (Wildman–Crippen MR) is 43.2 cm³/mol. The molecule has 10 heavy (non-hydrogen) atoms. The van der Waals surface area contributed by atoms with Crippen molar-refractivity contribution >= 4 is 18.5 Å². The van der Waals surface area contributed by atoms with E-state index in [9.17, 15) is 4.79 Å². The lowest BCUT2D eigenvalue weighted by Gasteiger charge is -2.22. The fourth-order valence-corrected chi connectivity index (χ4v) is 0.536. The molecule has 0 bridgehead atoms. The lowest BCUT2D eigenvalue weighted by Crippen LogP contribution is -2.46. The van der Waals surface area contributed by atoms with E-state index in [0.717, 1.165) is 0 Å². The number of hydrogen-bond acceptors (Lipinski definition) is 3. The summed E-state index contributed by atoms with van der Waals surface area (Å²) in [6.07, 6.45) is 0. The summed E-state index contributed by atoms with van der Waals surface area (Å²) in [5.41, 5.74) is -0.528. The highest BCUT2D eigenvalue weighted by atomic mass is 32.1. The zero-order chi connectivity index (χ0) is 8.20. The normalized spacial score (nSPS) is 11.2. The first-order chi connectivity index (χ1) is 4.52. The van der Waals surface area contributed by atoms with Gasteiger partial charge in [-0.3, -0.25) is 4.79 Å². The van der Waals surface area contributed by atoms with Crippen LogP contribution in [-0.2, 0) is 4.79 Å². The Morgan fingerprint density at radius 1 is 1.70 bits per heavy atom. The number of carbonyl (C=O) groups is 1. The van der Waals surface area contributed by atoms with Crippen LogP contribution in [0.25, 0.3) is 0 Å². The van der Waals surface area contributed by atoms with Gasteiger partial charge in [0.05, 0.1) is 17.9 Å². The average molecular weight is 163 g/mol. The first kappa shape index (κ1) is 9.78. The molecule has 0 saturated heterocycles. The molecular weight excluding hydrogens is 150 g/mol. The Labute approximate surface area is 66.2 Å². The molecule has 2 N–H and O–H groups in total. The molecule has 0 saturated carbocycles. The van der Waals surface area contributed by atoms with Gasteiger partial charge in [0.1, 0.15) is 0 Å². The minimum absolute atomic E-state index is 0.0630. The lowest BCUT2D eigenvalue weighted by molar-refractivity contribution is -0.120. The molecule has 0 aliphatic heterocycles. The zero-order valence-electron chi connectivity index (χ0n) is 6.22. The molecule has 0 atom stereocenters. The van der Waals surface area contributed by atoms with Crippen molar-refractivity contribution < 1.29 is 9.90 Å². The number of amides is 1. The summed E-state index contributed by atoms with van der Waals surface area (Å²) in [5, 5.41) is 11.3. The molecule has 0 fully saturated rings. The topological polar surface area (TPSA) is 49.3 Å². The van der Waals surface area contributed by atoms with E-state index in [0.29, 0.717) is 0 Å². The molecule has 0 heterocycles. The molecule has 3 nitrogen and oxygen atoms in total. The number of carbonyl (C=O) groups excluding carboxylic acids is 1. The summed E-state index contributed by atoms with van der Waals surface area (Å²) in [6, 6.07) is 0. The van der Waals surface area contributed by atoms with Gasteiger partial charge in [0.25, 0.3) is 0 Å². The van der Waals surface area contributed by atoms with Crippen LogP contribution >= 0.6 is 12.6 Å². The van der Waals surface area contributed by atoms with Gasteiger partial charge in [0.15, 0.2) is 0 Å². The molecule has 1 amide bonds. The van der Waals surface area contributed by atoms with Gasteiger partial charge in [0, 0.05) is 0 Å². The maximum absolute atomic E-state index is 10.7. The third-order valence-electron chi connectivity index (χ3n) is 1.02. The molecule has 0 rings (SSSR count). The lowest BCUT2D eigenvalue weighted by atomic mass is 10.1. The van der Waals surface area contributed by atoms with Crippen molar-refractivity contribution in [3.63, 3.8) is 0 Å². The number of nitrogens with one attached hydrogen (secondary N) is 1. The number of rotatable bonds is 3. The first-order valence-corrected chi connectivity index (χ1v) is 3.68. The Morgan fingerprint density at radius 2 is 2.20 bits per heavy atom. The van der Waals surface area contributed by atoms with Gasteiger partial charge >= 0.3 is 0 Å². The van der Waals surface area contributed by atoms with Gasteiger partial charge < -0.3 is 10.4 Å². The first-order valence-electron chi connectivity index (χ1n) is 3.04. The van der Waals surface area contributed by atoms with Crippen molar-refractivity contribution in [2.45, 2.75) is 19.4 Å². The number of aliphatic hydroxyl groups excluding tert-OH is 1. The summed E-state index contributed by atoms with van der Waals surface area (Å²) in [7, 11) is 0. The molecule has 0 unspecified atom stereocenters. The zero-order valence-corrected chi connectivity index (χ0v) is 7.11. The Morgan fingerprint density at radius 3 is 2.50 bits per heavy atom. The standard InChI is InChI=1S/C6H13NO2S/c1-6(2,4-8)7-5(9)3-10/h8,10H,3-4H2,1-2H3,(H,7,9). The van der Waals surface area contributed by atoms with Gasteiger partial charge in [-0.15, -0.1) is 0 Å². The highest BCUT2D eigenvalue weighted by Crippen LogP contribution is 1.98. The monoisotopic (exact) mass is 163 g/mol. The van der Waals surface area contributed by atoms with Crippen LogP contribution in [0.4, 0.5) is 0 Å². The van der Waals surface area contributed by atoms with Crippen molar-refractivity contribution in [2.24, 2.45) is 0 Å². The number of thiol groups is 1. The van der Waals surface area contributed by atoms with Gasteiger partial charge in [-0.1, -0.05) is 0 Å². The van der Waals surface area contributed by atoms with E-state index in [4.69, 9.17) is 5.11 Å². The largest absolute Gasteiger partial charge is 0.394 e. The Bertz CT molecular complexity index is 125. The van der Waals surface area contributed by atoms with E-state index >= 15 is 0 Å². The van der Waals surface area contributed by atoms with E-state index in [2.05, 4.69) is 17.9 Å².